The molecule has 2 N–H and O–H groups in total. The zero-order valence-electron chi connectivity index (χ0n) is 5.20. The monoisotopic (exact) mass is 112 g/mol. The summed E-state index contributed by atoms with van der Waals surface area (Å²) in [5.74, 6) is 1.18. The third-order valence-electron chi connectivity index (χ3n) is 1.31. The zero-order valence-corrected chi connectivity index (χ0v) is 5.20. The molecule has 0 aromatic heterocycles. The first-order valence-electron chi connectivity index (χ1n) is 3.05. The normalized spacial score (nSPS) is 18.9. The lowest BCUT2D eigenvalue weighted by Gasteiger charge is -2.13. The minimum Gasteiger partial charge on any atom is -0.375 e. The van der Waals surface area contributed by atoms with Crippen LogP contribution >= 0.6 is 0 Å². The van der Waals surface area contributed by atoms with Gasteiger partial charge in [-0.3, -0.25) is 0 Å². The van der Waals surface area contributed by atoms with E-state index in [9.17, 15) is 0 Å². The van der Waals surface area contributed by atoms with Crippen LogP contribution < -0.4 is 10.6 Å². The summed E-state index contributed by atoms with van der Waals surface area (Å²) in [6.07, 6.45) is 4.66. The maximum Gasteiger partial charge on any atom is 0.0942 e. The van der Waals surface area contributed by atoms with Gasteiger partial charge in [0.15, 0.2) is 0 Å². The second-order valence-electron chi connectivity index (χ2n) is 1.94. The first-order valence-corrected chi connectivity index (χ1v) is 3.05. The minimum absolute atomic E-state index is 1.12. The number of rotatable bonds is 1. The molecule has 0 saturated heterocycles. The molecular formula is C6H12N2. The van der Waals surface area contributed by atoms with Gasteiger partial charge in [0.25, 0.3) is 0 Å². The lowest BCUT2D eigenvalue weighted by Crippen LogP contribution is -2.26. The summed E-state index contributed by atoms with van der Waals surface area (Å²) in [6.45, 7) is 1.12. The van der Waals surface area contributed by atoms with Crippen molar-refractivity contribution >= 4 is 0 Å². The van der Waals surface area contributed by atoms with Crippen molar-refractivity contribution < 1.29 is 0 Å². The van der Waals surface area contributed by atoms with Crippen LogP contribution in [0.2, 0.25) is 0 Å². The summed E-state index contributed by atoms with van der Waals surface area (Å²) < 4.78 is 0. The Morgan fingerprint density at radius 1 is 1.75 bits per heavy atom. The summed E-state index contributed by atoms with van der Waals surface area (Å²) in [5.41, 5.74) is 0. The fraction of sp³-hybridized carbons (Fsp3) is 0.667. The molecule has 1 aliphatic rings. The third kappa shape index (κ3) is 1.15. The van der Waals surface area contributed by atoms with Gasteiger partial charge in [-0.1, -0.05) is 0 Å². The van der Waals surface area contributed by atoms with Crippen molar-refractivity contribution in [2.24, 2.45) is 0 Å². The molecule has 0 amide bonds. The lowest BCUT2D eigenvalue weighted by molar-refractivity contribution is 0.648. The van der Waals surface area contributed by atoms with E-state index in [0.29, 0.717) is 0 Å². The van der Waals surface area contributed by atoms with Gasteiger partial charge in [-0.25, -0.2) is 0 Å². The van der Waals surface area contributed by atoms with Crippen molar-refractivity contribution in [2.45, 2.75) is 12.8 Å². The van der Waals surface area contributed by atoms with E-state index in [2.05, 4.69) is 16.7 Å². The summed E-state index contributed by atoms with van der Waals surface area (Å²) in [5, 5.41) is 6.27. The highest BCUT2D eigenvalue weighted by molar-refractivity contribution is 4.98. The van der Waals surface area contributed by atoms with Gasteiger partial charge in [-0.2, -0.15) is 0 Å². The van der Waals surface area contributed by atoms with E-state index in [0.717, 1.165) is 6.54 Å². The van der Waals surface area contributed by atoms with Crippen molar-refractivity contribution in [1.82, 2.24) is 10.6 Å². The molecule has 46 valence electrons. The molecular weight excluding hydrogens is 100 g/mol. The van der Waals surface area contributed by atoms with Crippen molar-refractivity contribution in [1.29, 1.82) is 0 Å². The fourth-order valence-electron chi connectivity index (χ4n) is 0.834. The predicted octanol–water partition coefficient (Wildman–Crippen LogP) is 0.431. The zero-order chi connectivity index (χ0) is 5.82. The number of allylic oxidation sites excluding steroid dienone is 1. The van der Waals surface area contributed by atoms with E-state index in [1.165, 1.54) is 18.7 Å². The first-order chi connectivity index (χ1) is 3.93. The Kier molecular flexibility index (Phi) is 1.78. The molecule has 8 heavy (non-hydrogen) atoms. The Labute approximate surface area is 50.0 Å². The van der Waals surface area contributed by atoms with E-state index < -0.39 is 0 Å². The molecule has 2 heteroatoms. The molecule has 1 aliphatic heterocycles. The topological polar surface area (TPSA) is 24.1 Å². The van der Waals surface area contributed by atoms with Crippen LogP contribution in [-0.4, -0.2) is 13.6 Å². The van der Waals surface area contributed by atoms with Crippen molar-refractivity contribution in [3.63, 3.8) is 0 Å². The van der Waals surface area contributed by atoms with Gasteiger partial charge in [-0.15, -0.1) is 0 Å². The minimum atomic E-state index is 1.12. The Balaban J connectivity index is 2.37. The summed E-state index contributed by atoms with van der Waals surface area (Å²) >= 11 is 0. The van der Waals surface area contributed by atoms with Crippen LogP contribution in [0, 0.1) is 0 Å². The van der Waals surface area contributed by atoms with Crippen molar-refractivity contribution in [3.8, 4) is 0 Å². The molecule has 0 fully saturated rings. The maximum absolute atomic E-state index is 3.22. The smallest absolute Gasteiger partial charge is 0.0942 e. The molecule has 1 rings (SSSR count). The number of hydrogen-bond acceptors (Lipinski definition) is 2. The van der Waals surface area contributed by atoms with Gasteiger partial charge >= 0.3 is 0 Å². The predicted molar refractivity (Wildman–Crippen MR) is 34.4 cm³/mol. The van der Waals surface area contributed by atoms with Gasteiger partial charge < -0.3 is 10.6 Å². The summed E-state index contributed by atoms with van der Waals surface area (Å²) in [4.78, 5) is 0. The number of hydrogen-bond donors (Lipinski definition) is 2. The van der Waals surface area contributed by atoms with Crippen LogP contribution in [-0.2, 0) is 0 Å². The largest absolute Gasteiger partial charge is 0.375 e. The molecule has 0 atom stereocenters. The van der Waals surface area contributed by atoms with Crippen LogP contribution in [0.3, 0.4) is 0 Å². The molecule has 1 heterocycles. The molecule has 2 nitrogen and oxygen atoms in total. The number of nitrogens with one attached hydrogen (secondary N) is 2. The maximum atomic E-state index is 3.22. The SMILES string of the molecule is CNC1=CCCCN1. The highest BCUT2D eigenvalue weighted by Gasteiger charge is 1.96. The Bertz CT molecular complexity index is 96.7. The van der Waals surface area contributed by atoms with Gasteiger partial charge in [-0.05, 0) is 18.9 Å². The molecule has 0 unspecified atom stereocenters. The van der Waals surface area contributed by atoms with Crippen LogP contribution in [0.5, 0.6) is 0 Å². The van der Waals surface area contributed by atoms with E-state index in [4.69, 9.17) is 0 Å². The van der Waals surface area contributed by atoms with Crippen LogP contribution in [0.4, 0.5) is 0 Å². The molecule has 0 aromatic rings. The third-order valence-corrected chi connectivity index (χ3v) is 1.31. The van der Waals surface area contributed by atoms with Gasteiger partial charge in [0.1, 0.15) is 0 Å². The molecule has 0 bridgehead atoms. The van der Waals surface area contributed by atoms with E-state index in [1.54, 1.807) is 0 Å². The van der Waals surface area contributed by atoms with Crippen LogP contribution in [0.25, 0.3) is 0 Å². The molecule has 0 radical (unpaired) electrons. The van der Waals surface area contributed by atoms with Crippen molar-refractivity contribution in [2.75, 3.05) is 13.6 Å². The Morgan fingerprint density at radius 2 is 2.62 bits per heavy atom. The molecule has 0 saturated carbocycles. The molecule has 0 spiro atoms. The van der Waals surface area contributed by atoms with Crippen molar-refractivity contribution in [3.05, 3.63) is 11.9 Å². The standard InChI is InChI=1S/C6H12N2/c1-7-6-4-2-3-5-8-6/h4,7-8H,2-3,5H2,1H3. The highest BCUT2D eigenvalue weighted by Crippen LogP contribution is 1.98. The quantitative estimate of drug-likeness (QED) is 0.514. The van der Waals surface area contributed by atoms with E-state index in [-0.39, 0.29) is 0 Å². The van der Waals surface area contributed by atoms with Crippen LogP contribution in [0.15, 0.2) is 11.9 Å². The van der Waals surface area contributed by atoms with Gasteiger partial charge in [0, 0.05) is 13.6 Å². The second kappa shape index (κ2) is 2.60. The molecule has 0 aliphatic carbocycles. The Hall–Kier alpha value is -0.660. The fourth-order valence-corrected chi connectivity index (χ4v) is 0.834. The average molecular weight is 112 g/mol. The first kappa shape index (κ1) is 5.48. The highest BCUT2D eigenvalue weighted by atomic mass is 15.1. The summed E-state index contributed by atoms with van der Waals surface area (Å²) in [6, 6.07) is 0. The average Bonchev–Trinajstić information content (AvgIpc) is 1.90. The van der Waals surface area contributed by atoms with Crippen LogP contribution in [0.1, 0.15) is 12.8 Å². The van der Waals surface area contributed by atoms with Gasteiger partial charge in [0.2, 0.25) is 0 Å². The molecule has 0 aromatic carbocycles. The van der Waals surface area contributed by atoms with E-state index >= 15 is 0 Å². The second-order valence-corrected chi connectivity index (χ2v) is 1.94. The van der Waals surface area contributed by atoms with Gasteiger partial charge in [0.05, 0.1) is 5.82 Å². The van der Waals surface area contributed by atoms with E-state index in [1.807, 2.05) is 7.05 Å². The lowest BCUT2D eigenvalue weighted by atomic mass is 10.2. The Morgan fingerprint density at radius 3 is 3.00 bits per heavy atom. The summed E-state index contributed by atoms with van der Waals surface area (Å²) in [7, 11) is 1.93.